The minimum Gasteiger partial charge on any atom is -0.381 e. The van der Waals surface area contributed by atoms with Crippen LogP contribution in [-0.2, 0) is 11.3 Å². The number of aryl methyl sites for hydroxylation is 1. The summed E-state index contributed by atoms with van der Waals surface area (Å²) in [4.78, 5) is 10.9. The molecular weight excluding hydrogens is 316 g/mol. The summed E-state index contributed by atoms with van der Waals surface area (Å²) in [5.74, 6) is -0.0552. The number of halogens is 1. The zero-order chi connectivity index (χ0) is 14.5. The number of benzene rings is 2. The molecule has 0 heterocycles. The Kier molecular flexibility index (Phi) is 4.79. The molecule has 0 aliphatic heterocycles. The van der Waals surface area contributed by atoms with Crippen LogP contribution in [0.3, 0.4) is 0 Å². The fourth-order valence-corrected chi connectivity index (χ4v) is 2.19. The van der Waals surface area contributed by atoms with E-state index in [1.807, 2.05) is 24.3 Å². The lowest BCUT2D eigenvalue weighted by molar-refractivity contribution is -0.114. The van der Waals surface area contributed by atoms with Gasteiger partial charge < -0.3 is 10.6 Å². The Morgan fingerprint density at radius 3 is 2.35 bits per heavy atom. The molecule has 2 N–H and O–H groups in total. The van der Waals surface area contributed by atoms with Crippen LogP contribution < -0.4 is 10.6 Å². The lowest BCUT2D eigenvalue weighted by Crippen LogP contribution is -2.06. The van der Waals surface area contributed by atoms with Crippen molar-refractivity contribution in [2.45, 2.75) is 20.4 Å². The van der Waals surface area contributed by atoms with Crippen molar-refractivity contribution in [2.24, 2.45) is 0 Å². The Morgan fingerprint density at radius 2 is 1.75 bits per heavy atom. The van der Waals surface area contributed by atoms with Crippen molar-refractivity contribution in [2.75, 3.05) is 10.6 Å². The summed E-state index contributed by atoms with van der Waals surface area (Å²) >= 11 is 3.52. The molecule has 4 heteroatoms. The van der Waals surface area contributed by atoms with Gasteiger partial charge >= 0.3 is 0 Å². The highest BCUT2D eigenvalue weighted by molar-refractivity contribution is 9.10. The second-order valence-corrected chi connectivity index (χ2v) is 5.55. The summed E-state index contributed by atoms with van der Waals surface area (Å²) in [6.45, 7) is 4.31. The average Bonchev–Trinajstić information content (AvgIpc) is 2.41. The fourth-order valence-electron chi connectivity index (χ4n) is 1.82. The molecule has 0 saturated heterocycles. The second kappa shape index (κ2) is 6.57. The summed E-state index contributed by atoms with van der Waals surface area (Å²) in [5, 5.41) is 6.13. The molecular formula is C16H17BrN2O. The molecule has 0 aliphatic rings. The monoisotopic (exact) mass is 332 g/mol. The predicted octanol–water partition coefficient (Wildman–Crippen LogP) is 4.33. The van der Waals surface area contributed by atoms with Crippen LogP contribution in [0.4, 0.5) is 11.4 Å². The lowest BCUT2D eigenvalue weighted by atomic mass is 10.2. The maximum absolute atomic E-state index is 10.9. The van der Waals surface area contributed by atoms with Gasteiger partial charge in [-0.05, 0) is 42.3 Å². The molecule has 0 aliphatic carbocycles. The quantitative estimate of drug-likeness (QED) is 0.874. The number of nitrogens with one attached hydrogen (secondary N) is 2. The molecule has 2 aromatic rings. The Hall–Kier alpha value is -1.81. The van der Waals surface area contributed by atoms with Gasteiger partial charge in [0.2, 0.25) is 5.91 Å². The molecule has 0 aromatic heterocycles. The minimum absolute atomic E-state index is 0.0552. The molecule has 1 amide bonds. The third-order valence-corrected chi connectivity index (χ3v) is 3.80. The Labute approximate surface area is 127 Å². The molecule has 0 saturated carbocycles. The summed E-state index contributed by atoms with van der Waals surface area (Å²) in [5.41, 5.74) is 4.28. The highest BCUT2D eigenvalue weighted by Crippen LogP contribution is 2.21. The molecule has 0 bridgehead atoms. The van der Waals surface area contributed by atoms with Crippen molar-refractivity contribution in [1.82, 2.24) is 0 Å². The number of carbonyl (C=O) groups excluding carboxylic acids is 1. The van der Waals surface area contributed by atoms with E-state index in [1.54, 1.807) is 0 Å². The Morgan fingerprint density at radius 1 is 1.10 bits per heavy atom. The first-order chi connectivity index (χ1) is 9.54. The highest BCUT2D eigenvalue weighted by Gasteiger charge is 1.99. The first-order valence-electron chi connectivity index (χ1n) is 6.41. The van der Waals surface area contributed by atoms with E-state index in [1.165, 1.54) is 12.5 Å². The molecule has 0 atom stereocenters. The molecule has 0 unspecified atom stereocenters. The first-order valence-corrected chi connectivity index (χ1v) is 7.20. The highest BCUT2D eigenvalue weighted by atomic mass is 79.9. The third-order valence-electron chi connectivity index (χ3n) is 2.94. The normalized spacial score (nSPS) is 10.2. The van der Waals surface area contributed by atoms with Crippen LogP contribution in [0.25, 0.3) is 0 Å². The van der Waals surface area contributed by atoms with E-state index in [-0.39, 0.29) is 5.91 Å². The maximum atomic E-state index is 10.9. The van der Waals surface area contributed by atoms with Crippen LogP contribution in [0, 0.1) is 6.92 Å². The molecule has 0 radical (unpaired) electrons. The topological polar surface area (TPSA) is 41.1 Å². The number of hydrogen-bond acceptors (Lipinski definition) is 2. The molecule has 2 aromatic carbocycles. The van der Waals surface area contributed by atoms with E-state index < -0.39 is 0 Å². The van der Waals surface area contributed by atoms with Crippen molar-refractivity contribution in [3.05, 3.63) is 58.1 Å². The van der Waals surface area contributed by atoms with Gasteiger partial charge in [0.1, 0.15) is 0 Å². The van der Waals surface area contributed by atoms with Crippen LogP contribution in [0.2, 0.25) is 0 Å². The standard InChI is InChI=1S/C16H17BrN2O/c1-11-3-6-15(9-16(11)17)18-10-13-4-7-14(8-5-13)19-12(2)20/h3-9,18H,10H2,1-2H3,(H,19,20). The maximum Gasteiger partial charge on any atom is 0.221 e. The number of anilines is 2. The van der Waals surface area contributed by atoms with Crippen molar-refractivity contribution < 1.29 is 4.79 Å². The summed E-state index contributed by atoms with van der Waals surface area (Å²) in [6, 6.07) is 14.0. The van der Waals surface area contributed by atoms with Gasteiger partial charge in [0, 0.05) is 29.3 Å². The van der Waals surface area contributed by atoms with Gasteiger partial charge in [0.05, 0.1) is 0 Å². The molecule has 0 spiro atoms. The van der Waals surface area contributed by atoms with E-state index in [0.717, 1.165) is 28.0 Å². The van der Waals surface area contributed by atoms with Crippen molar-refractivity contribution in [3.8, 4) is 0 Å². The first kappa shape index (κ1) is 14.6. The lowest BCUT2D eigenvalue weighted by Gasteiger charge is -2.09. The number of amides is 1. The van der Waals surface area contributed by atoms with E-state index in [2.05, 4.69) is 51.7 Å². The van der Waals surface area contributed by atoms with E-state index in [0.29, 0.717) is 0 Å². The number of rotatable bonds is 4. The van der Waals surface area contributed by atoms with Crippen LogP contribution in [0.15, 0.2) is 46.9 Å². The molecule has 2 rings (SSSR count). The van der Waals surface area contributed by atoms with Crippen molar-refractivity contribution >= 4 is 33.2 Å². The van der Waals surface area contributed by atoms with Crippen LogP contribution >= 0.6 is 15.9 Å². The number of carbonyl (C=O) groups is 1. The van der Waals surface area contributed by atoms with Gasteiger partial charge in [-0.3, -0.25) is 4.79 Å². The molecule has 20 heavy (non-hydrogen) atoms. The van der Waals surface area contributed by atoms with Crippen LogP contribution in [0.5, 0.6) is 0 Å². The molecule has 104 valence electrons. The number of hydrogen-bond donors (Lipinski definition) is 2. The summed E-state index contributed by atoms with van der Waals surface area (Å²) in [7, 11) is 0. The van der Waals surface area contributed by atoms with Gasteiger partial charge in [-0.1, -0.05) is 34.1 Å². The summed E-state index contributed by atoms with van der Waals surface area (Å²) < 4.78 is 1.10. The van der Waals surface area contributed by atoms with Gasteiger partial charge in [0.25, 0.3) is 0 Å². The van der Waals surface area contributed by atoms with Crippen molar-refractivity contribution in [3.63, 3.8) is 0 Å². The zero-order valence-electron chi connectivity index (χ0n) is 11.5. The third kappa shape index (κ3) is 4.10. The largest absolute Gasteiger partial charge is 0.381 e. The minimum atomic E-state index is -0.0552. The average molecular weight is 333 g/mol. The van der Waals surface area contributed by atoms with Gasteiger partial charge in [-0.25, -0.2) is 0 Å². The van der Waals surface area contributed by atoms with Crippen LogP contribution in [-0.4, -0.2) is 5.91 Å². The summed E-state index contributed by atoms with van der Waals surface area (Å²) in [6.07, 6.45) is 0. The smallest absolute Gasteiger partial charge is 0.221 e. The van der Waals surface area contributed by atoms with Gasteiger partial charge in [-0.15, -0.1) is 0 Å². The second-order valence-electron chi connectivity index (χ2n) is 4.70. The Balaban J connectivity index is 1.96. The SMILES string of the molecule is CC(=O)Nc1ccc(CNc2ccc(C)c(Br)c2)cc1. The molecule has 3 nitrogen and oxygen atoms in total. The van der Waals surface area contributed by atoms with E-state index in [4.69, 9.17) is 0 Å². The van der Waals surface area contributed by atoms with E-state index in [9.17, 15) is 4.79 Å². The van der Waals surface area contributed by atoms with E-state index >= 15 is 0 Å². The van der Waals surface area contributed by atoms with Crippen molar-refractivity contribution in [1.29, 1.82) is 0 Å². The zero-order valence-corrected chi connectivity index (χ0v) is 13.1. The van der Waals surface area contributed by atoms with Gasteiger partial charge in [-0.2, -0.15) is 0 Å². The molecule has 0 fully saturated rings. The van der Waals surface area contributed by atoms with Gasteiger partial charge in [0.15, 0.2) is 0 Å². The predicted molar refractivity (Wildman–Crippen MR) is 87.0 cm³/mol. The Bertz CT molecular complexity index is 608. The van der Waals surface area contributed by atoms with Crippen LogP contribution in [0.1, 0.15) is 18.1 Å². The fraction of sp³-hybridized carbons (Fsp3) is 0.188.